The standard InChI is InChI=1S/C21H29N3O7S/c1-16-6-7-17(13-18(16)32(28,29)24-9-11-30-12-10-24)22-19(25)15-31-21(27)14-23-8-4-2-3-5-20(23)26/h6-7,13H,2-5,8-12,14-15H2,1H3,(H,22,25). The lowest BCUT2D eigenvalue weighted by atomic mass is 10.2. The fourth-order valence-corrected chi connectivity index (χ4v) is 5.29. The maximum Gasteiger partial charge on any atom is 0.326 e. The molecule has 176 valence electrons. The number of likely N-dealkylation sites (tertiary alicyclic amines) is 1. The summed E-state index contributed by atoms with van der Waals surface area (Å²) in [6, 6.07) is 4.60. The van der Waals surface area contributed by atoms with Crippen molar-refractivity contribution in [3.05, 3.63) is 23.8 Å². The Kier molecular flexibility index (Phi) is 8.21. The smallest absolute Gasteiger partial charge is 0.326 e. The Hall–Kier alpha value is -2.50. The average Bonchev–Trinajstić information content (AvgIpc) is 2.98. The Morgan fingerprint density at radius 1 is 1.12 bits per heavy atom. The molecule has 0 aromatic heterocycles. The Morgan fingerprint density at radius 3 is 2.62 bits per heavy atom. The number of sulfonamides is 1. The summed E-state index contributed by atoms with van der Waals surface area (Å²) in [5.74, 6) is -1.34. The number of rotatable bonds is 7. The van der Waals surface area contributed by atoms with Crippen molar-refractivity contribution in [2.24, 2.45) is 0 Å². The van der Waals surface area contributed by atoms with Crippen LogP contribution in [0.3, 0.4) is 0 Å². The Balaban J connectivity index is 1.56. The number of aryl methyl sites for hydroxylation is 1. The molecule has 3 rings (SSSR count). The zero-order valence-corrected chi connectivity index (χ0v) is 19.0. The zero-order valence-electron chi connectivity index (χ0n) is 18.2. The van der Waals surface area contributed by atoms with E-state index >= 15 is 0 Å². The van der Waals surface area contributed by atoms with E-state index in [-0.39, 0.29) is 36.1 Å². The van der Waals surface area contributed by atoms with E-state index in [4.69, 9.17) is 9.47 Å². The van der Waals surface area contributed by atoms with Crippen LogP contribution in [0, 0.1) is 6.92 Å². The van der Waals surface area contributed by atoms with E-state index < -0.39 is 28.5 Å². The number of nitrogens with zero attached hydrogens (tertiary/aromatic N) is 2. The summed E-state index contributed by atoms with van der Waals surface area (Å²) in [6.07, 6.45) is 3.01. The van der Waals surface area contributed by atoms with Crippen LogP contribution in [-0.2, 0) is 33.9 Å². The van der Waals surface area contributed by atoms with E-state index in [1.54, 1.807) is 19.1 Å². The number of benzene rings is 1. The number of amides is 2. The summed E-state index contributed by atoms with van der Waals surface area (Å²) in [4.78, 5) is 37.8. The Labute approximate surface area is 187 Å². The third-order valence-electron chi connectivity index (χ3n) is 5.42. The molecule has 0 radical (unpaired) electrons. The van der Waals surface area contributed by atoms with Gasteiger partial charge in [-0.15, -0.1) is 0 Å². The van der Waals surface area contributed by atoms with Gasteiger partial charge in [0.25, 0.3) is 5.91 Å². The largest absolute Gasteiger partial charge is 0.454 e. The van der Waals surface area contributed by atoms with E-state index in [2.05, 4.69) is 5.32 Å². The number of hydrogen-bond acceptors (Lipinski definition) is 7. The molecule has 2 aliphatic heterocycles. The molecule has 0 atom stereocenters. The predicted octanol–water partition coefficient (Wildman–Crippen LogP) is 0.900. The SMILES string of the molecule is Cc1ccc(NC(=O)COC(=O)CN2CCCCCC2=O)cc1S(=O)(=O)N1CCOCC1. The molecular weight excluding hydrogens is 438 g/mol. The summed E-state index contributed by atoms with van der Waals surface area (Å²) in [6.45, 7) is 2.70. The van der Waals surface area contributed by atoms with Crippen molar-refractivity contribution in [3.8, 4) is 0 Å². The topological polar surface area (TPSA) is 122 Å². The lowest BCUT2D eigenvalue weighted by Crippen LogP contribution is -2.40. The molecular formula is C21H29N3O7S. The highest BCUT2D eigenvalue weighted by molar-refractivity contribution is 7.89. The minimum Gasteiger partial charge on any atom is -0.454 e. The molecule has 1 N–H and O–H groups in total. The number of hydrogen-bond donors (Lipinski definition) is 1. The van der Waals surface area contributed by atoms with Gasteiger partial charge in [0.1, 0.15) is 6.54 Å². The second-order valence-electron chi connectivity index (χ2n) is 7.83. The van der Waals surface area contributed by atoms with Crippen LogP contribution in [0.5, 0.6) is 0 Å². The van der Waals surface area contributed by atoms with Crippen LogP contribution in [-0.4, -0.2) is 81.4 Å². The minimum atomic E-state index is -3.72. The third kappa shape index (κ3) is 6.27. The number of morpholine rings is 1. The second kappa shape index (κ2) is 10.9. The highest BCUT2D eigenvalue weighted by atomic mass is 32.2. The van der Waals surface area contributed by atoms with Gasteiger partial charge in [0.15, 0.2) is 6.61 Å². The number of carbonyl (C=O) groups is 3. The summed E-state index contributed by atoms with van der Waals surface area (Å²) in [5, 5.41) is 2.56. The third-order valence-corrected chi connectivity index (χ3v) is 7.46. The van der Waals surface area contributed by atoms with Crippen LogP contribution in [0.25, 0.3) is 0 Å². The van der Waals surface area contributed by atoms with Crippen LogP contribution >= 0.6 is 0 Å². The van der Waals surface area contributed by atoms with Crippen molar-refractivity contribution < 1.29 is 32.3 Å². The highest BCUT2D eigenvalue weighted by Gasteiger charge is 2.28. The fraction of sp³-hybridized carbons (Fsp3) is 0.571. The maximum atomic E-state index is 13.0. The monoisotopic (exact) mass is 467 g/mol. The second-order valence-corrected chi connectivity index (χ2v) is 9.74. The zero-order chi connectivity index (χ0) is 23.1. The van der Waals surface area contributed by atoms with Crippen molar-refractivity contribution in [2.75, 3.05) is 51.3 Å². The van der Waals surface area contributed by atoms with Gasteiger partial charge in [0.05, 0.1) is 18.1 Å². The van der Waals surface area contributed by atoms with E-state index in [0.29, 0.717) is 31.7 Å². The molecule has 10 nitrogen and oxygen atoms in total. The van der Waals surface area contributed by atoms with Crippen LogP contribution in [0.2, 0.25) is 0 Å². The van der Waals surface area contributed by atoms with Crippen molar-refractivity contribution in [2.45, 2.75) is 37.5 Å². The van der Waals surface area contributed by atoms with Gasteiger partial charge in [-0.3, -0.25) is 14.4 Å². The number of nitrogens with one attached hydrogen (secondary N) is 1. The van der Waals surface area contributed by atoms with E-state index in [1.165, 1.54) is 15.3 Å². The highest BCUT2D eigenvalue weighted by Crippen LogP contribution is 2.24. The molecule has 1 aromatic rings. The van der Waals surface area contributed by atoms with Gasteiger partial charge in [-0.25, -0.2) is 8.42 Å². The van der Waals surface area contributed by atoms with Crippen molar-refractivity contribution in [1.29, 1.82) is 0 Å². The van der Waals surface area contributed by atoms with Gasteiger partial charge >= 0.3 is 5.97 Å². The first-order valence-corrected chi connectivity index (χ1v) is 12.1. The first-order chi connectivity index (χ1) is 15.3. The summed E-state index contributed by atoms with van der Waals surface area (Å²) >= 11 is 0. The molecule has 2 fully saturated rings. The molecule has 32 heavy (non-hydrogen) atoms. The lowest BCUT2D eigenvalue weighted by molar-refractivity contribution is -0.151. The lowest BCUT2D eigenvalue weighted by Gasteiger charge is -2.26. The summed E-state index contributed by atoms with van der Waals surface area (Å²) in [5.41, 5.74) is 0.842. The van der Waals surface area contributed by atoms with Crippen molar-refractivity contribution in [1.82, 2.24) is 9.21 Å². The molecule has 0 aliphatic carbocycles. The van der Waals surface area contributed by atoms with Gasteiger partial charge in [0.2, 0.25) is 15.9 Å². The maximum absolute atomic E-state index is 13.0. The van der Waals surface area contributed by atoms with Crippen LogP contribution in [0.1, 0.15) is 31.2 Å². The molecule has 11 heteroatoms. The average molecular weight is 468 g/mol. The number of carbonyl (C=O) groups excluding carboxylic acids is 3. The molecule has 0 bridgehead atoms. The summed E-state index contributed by atoms with van der Waals surface area (Å²) < 4.78 is 37.5. The molecule has 0 spiro atoms. The molecule has 2 heterocycles. The molecule has 2 amide bonds. The Bertz CT molecular complexity index is 958. The summed E-state index contributed by atoms with van der Waals surface area (Å²) in [7, 11) is -3.72. The first-order valence-electron chi connectivity index (χ1n) is 10.7. The molecule has 0 saturated carbocycles. The Morgan fingerprint density at radius 2 is 1.88 bits per heavy atom. The molecule has 1 aromatic carbocycles. The molecule has 0 unspecified atom stereocenters. The minimum absolute atomic E-state index is 0.0856. The van der Waals surface area contributed by atoms with Gasteiger partial charge in [-0.2, -0.15) is 4.31 Å². The molecule has 2 saturated heterocycles. The first kappa shape index (κ1) is 24.1. The van der Waals surface area contributed by atoms with E-state index in [0.717, 1.165) is 19.3 Å². The van der Waals surface area contributed by atoms with Crippen LogP contribution in [0.4, 0.5) is 5.69 Å². The van der Waals surface area contributed by atoms with E-state index in [9.17, 15) is 22.8 Å². The number of anilines is 1. The molecule has 2 aliphatic rings. The van der Waals surface area contributed by atoms with Gasteiger partial charge in [0, 0.05) is 31.7 Å². The number of ether oxygens (including phenoxy) is 2. The normalized spacial score (nSPS) is 18.2. The van der Waals surface area contributed by atoms with Crippen molar-refractivity contribution in [3.63, 3.8) is 0 Å². The van der Waals surface area contributed by atoms with Crippen LogP contribution in [0.15, 0.2) is 23.1 Å². The van der Waals surface area contributed by atoms with Crippen molar-refractivity contribution >= 4 is 33.5 Å². The predicted molar refractivity (Wildman–Crippen MR) is 115 cm³/mol. The van der Waals surface area contributed by atoms with Crippen LogP contribution < -0.4 is 5.32 Å². The fourth-order valence-electron chi connectivity index (χ4n) is 3.63. The van der Waals surface area contributed by atoms with E-state index in [1.807, 2.05) is 0 Å². The number of esters is 1. The van der Waals surface area contributed by atoms with Gasteiger partial charge in [-0.05, 0) is 37.5 Å². The van der Waals surface area contributed by atoms with Gasteiger partial charge < -0.3 is 19.7 Å². The van der Waals surface area contributed by atoms with Gasteiger partial charge in [-0.1, -0.05) is 12.5 Å². The quantitative estimate of drug-likeness (QED) is 0.591.